The molecule has 0 saturated carbocycles. The zero-order valence-electron chi connectivity index (χ0n) is 13.8. The number of nitrogens with zero attached hydrogens (tertiary/aromatic N) is 1. The van der Waals surface area contributed by atoms with Crippen LogP contribution < -0.4 is 16.0 Å². The molecule has 0 aromatic carbocycles. The highest BCUT2D eigenvalue weighted by atomic mass is 16.3. The molecule has 2 rings (SSSR count). The van der Waals surface area contributed by atoms with Gasteiger partial charge in [-0.15, -0.1) is 0 Å². The molecular formula is C15H20N4O5. The summed E-state index contributed by atoms with van der Waals surface area (Å²) >= 11 is 0. The largest absolute Gasteiger partial charge is 0.463 e. The van der Waals surface area contributed by atoms with Gasteiger partial charge in [-0.25, -0.2) is 9.59 Å². The number of aryl methyl sites for hydroxylation is 1. The molecule has 6 amide bonds. The minimum atomic E-state index is -1.38. The van der Waals surface area contributed by atoms with Crippen molar-refractivity contribution in [1.82, 2.24) is 20.9 Å². The van der Waals surface area contributed by atoms with Crippen molar-refractivity contribution in [2.75, 3.05) is 13.1 Å². The predicted molar refractivity (Wildman–Crippen MR) is 82.9 cm³/mol. The number of urea groups is 2. The first-order valence-corrected chi connectivity index (χ1v) is 7.56. The van der Waals surface area contributed by atoms with E-state index in [-0.39, 0.29) is 5.76 Å². The minimum Gasteiger partial charge on any atom is -0.463 e. The highest BCUT2D eigenvalue weighted by molar-refractivity contribution is 6.09. The third kappa shape index (κ3) is 3.39. The van der Waals surface area contributed by atoms with Crippen molar-refractivity contribution in [1.29, 1.82) is 0 Å². The summed E-state index contributed by atoms with van der Waals surface area (Å²) in [6.07, 6.45) is 0.718. The second-order valence-corrected chi connectivity index (χ2v) is 5.66. The Balaban J connectivity index is 2.04. The average Bonchev–Trinajstić information content (AvgIpc) is 3.04. The lowest BCUT2D eigenvalue weighted by Crippen LogP contribution is -2.47. The zero-order valence-corrected chi connectivity index (χ0v) is 13.8. The summed E-state index contributed by atoms with van der Waals surface area (Å²) in [4.78, 5) is 48.6. The first-order chi connectivity index (χ1) is 11.3. The van der Waals surface area contributed by atoms with E-state index in [1.807, 2.05) is 6.92 Å². The Hall–Kier alpha value is -2.84. The maximum atomic E-state index is 12.5. The lowest BCUT2D eigenvalue weighted by molar-refractivity contribution is -0.135. The second-order valence-electron chi connectivity index (χ2n) is 5.66. The smallest absolute Gasteiger partial charge is 0.325 e. The van der Waals surface area contributed by atoms with Crippen molar-refractivity contribution in [3.63, 3.8) is 0 Å². The SMILES string of the molecule is CCCNC(=O)NC(=O)CN1C(=O)N[C@@](C)(c2ccc(C)o2)C1=O. The number of furan rings is 1. The van der Waals surface area contributed by atoms with Gasteiger partial charge in [-0.2, -0.15) is 0 Å². The van der Waals surface area contributed by atoms with Gasteiger partial charge in [-0.1, -0.05) is 6.92 Å². The summed E-state index contributed by atoms with van der Waals surface area (Å²) in [6.45, 7) is 4.94. The molecule has 130 valence electrons. The molecule has 9 nitrogen and oxygen atoms in total. The summed E-state index contributed by atoms with van der Waals surface area (Å²) in [6, 6.07) is 1.88. The minimum absolute atomic E-state index is 0.280. The van der Waals surface area contributed by atoms with Crippen molar-refractivity contribution >= 4 is 23.9 Å². The molecule has 1 fully saturated rings. The van der Waals surface area contributed by atoms with Gasteiger partial charge in [-0.3, -0.25) is 19.8 Å². The number of rotatable bonds is 5. The van der Waals surface area contributed by atoms with Crippen LogP contribution in [-0.2, 0) is 15.1 Å². The van der Waals surface area contributed by atoms with Gasteiger partial charge in [0, 0.05) is 6.54 Å². The van der Waals surface area contributed by atoms with E-state index < -0.39 is 36.0 Å². The molecule has 1 aromatic heterocycles. The van der Waals surface area contributed by atoms with Crippen LogP contribution in [0.4, 0.5) is 9.59 Å². The van der Waals surface area contributed by atoms with E-state index in [1.54, 1.807) is 19.1 Å². The van der Waals surface area contributed by atoms with Gasteiger partial charge >= 0.3 is 12.1 Å². The van der Waals surface area contributed by atoms with E-state index in [0.29, 0.717) is 12.3 Å². The molecule has 1 saturated heterocycles. The lowest BCUT2D eigenvalue weighted by Gasteiger charge is -2.18. The Kier molecular flexibility index (Phi) is 4.91. The average molecular weight is 336 g/mol. The predicted octanol–water partition coefficient (Wildman–Crippen LogP) is 0.591. The summed E-state index contributed by atoms with van der Waals surface area (Å²) in [5, 5.41) is 7.05. The van der Waals surface area contributed by atoms with Crippen molar-refractivity contribution in [3.05, 3.63) is 23.7 Å². The molecule has 0 aliphatic carbocycles. The topological polar surface area (TPSA) is 121 Å². The molecule has 0 unspecified atom stereocenters. The van der Waals surface area contributed by atoms with Crippen LogP contribution in [-0.4, -0.2) is 41.9 Å². The molecule has 1 aromatic rings. The number of carbonyl (C=O) groups is 4. The van der Waals surface area contributed by atoms with Gasteiger partial charge in [0.1, 0.15) is 18.1 Å². The fourth-order valence-electron chi connectivity index (χ4n) is 2.30. The van der Waals surface area contributed by atoms with Crippen LogP contribution in [0.5, 0.6) is 0 Å². The molecule has 2 heterocycles. The summed E-state index contributed by atoms with van der Waals surface area (Å²) in [7, 11) is 0. The zero-order chi connectivity index (χ0) is 17.9. The van der Waals surface area contributed by atoms with Crippen LogP contribution in [0.2, 0.25) is 0 Å². The lowest BCUT2D eigenvalue weighted by atomic mass is 9.99. The quantitative estimate of drug-likeness (QED) is 0.680. The number of amides is 6. The van der Waals surface area contributed by atoms with Gasteiger partial charge in [-0.05, 0) is 32.4 Å². The molecule has 0 radical (unpaired) electrons. The van der Waals surface area contributed by atoms with Crippen molar-refractivity contribution < 1.29 is 23.6 Å². The Morgan fingerprint density at radius 3 is 2.62 bits per heavy atom. The van der Waals surface area contributed by atoms with E-state index in [1.165, 1.54) is 6.92 Å². The first kappa shape index (κ1) is 17.5. The van der Waals surface area contributed by atoms with Crippen LogP contribution in [0, 0.1) is 6.92 Å². The molecule has 0 spiro atoms. The Bertz CT molecular complexity index is 683. The Morgan fingerprint density at radius 1 is 1.33 bits per heavy atom. The summed E-state index contributed by atoms with van der Waals surface area (Å²) in [5.41, 5.74) is -1.38. The number of nitrogens with one attached hydrogen (secondary N) is 3. The second kappa shape index (κ2) is 6.73. The van der Waals surface area contributed by atoms with Crippen molar-refractivity contribution in [2.45, 2.75) is 32.7 Å². The molecule has 3 N–H and O–H groups in total. The van der Waals surface area contributed by atoms with Crippen LogP contribution in [0.3, 0.4) is 0 Å². The Labute approximate surface area is 138 Å². The number of hydrogen-bond donors (Lipinski definition) is 3. The number of carbonyl (C=O) groups excluding carboxylic acids is 4. The highest BCUT2D eigenvalue weighted by Crippen LogP contribution is 2.29. The molecule has 1 aliphatic heterocycles. The summed E-state index contributed by atoms with van der Waals surface area (Å²) < 4.78 is 5.42. The van der Waals surface area contributed by atoms with Gasteiger partial charge < -0.3 is 15.1 Å². The maximum Gasteiger partial charge on any atom is 0.325 e. The standard InChI is InChI=1S/C15H20N4O5/c1-4-7-16-13(22)17-11(20)8-19-12(21)15(3,18-14(19)23)10-6-5-9(2)24-10/h5-6H,4,7-8H2,1-3H3,(H,18,23)(H2,16,17,20,22)/t15-/m0/s1. The monoisotopic (exact) mass is 336 g/mol. The molecule has 24 heavy (non-hydrogen) atoms. The van der Waals surface area contributed by atoms with Crippen molar-refractivity contribution in [2.24, 2.45) is 0 Å². The fraction of sp³-hybridized carbons (Fsp3) is 0.467. The third-order valence-electron chi connectivity index (χ3n) is 3.60. The normalized spacial score (nSPS) is 20.0. The molecule has 1 aliphatic rings. The van der Waals surface area contributed by atoms with Crippen LogP contribution in [0.25, 0.3) is 0 Å². The Morgan fingerprint density at radius 2 is 2.04 bits per heavy atom. The van der Waals surface area contributed by atoms with Crippen LogP contribution in [0.1, 0.15) is 31.8 Å². The maximum absolute atomic E-state index is 12.5. The van der Waals surface area contributed by atoms with Gasteiger partial charge in [0.2, 0.25) is 5.91 Å². The van der Waals surface area contributed by atoms with Gasteiger partial charge in [0.05, 0.1) is 0 Å². The van der Waals surface area contributed by atoms with Crippen LogP contribution >= 0.6 is 0 Å². The molecule has 1 atom stereocenters. The van der Waals surface area contributed by atoms with Gasteiger partial charge in [0.15, 0.2) is 5.54 Å². The molecule has 9 heteroatoms. The first-order valence-electron chi connectivity index (χ1n) is 7.56. The van der Waals surface area contributed by atoms with E-state index in [9.17, 15) is 19.2 Å². The number of hydrogen-bond acceptors (Lipinski definition) is 5. The van der Waals surface area contributed by atoms with Crippen LogP contribution in [0.15, 0.2) is 16.5 Å². The van der Waals surface area contributed by atoms with E-state index in [4.69, 9.17) is 4.42 Å². The number of imide groups is 2. The van der Waals surface area contributed by atoms with E-state index in [2.05, 4.69) is 16.0 Å². The van der Waals surface area contributed by atoms with E-state index in [0.717, 1.165) is 11.3 Å². The molecular weight excluding hydrogens is 316 g/mol. The van der Waals surface area contributed by atoms with Crippen molar-refractivity contribution in [3.8, 4) is 0 Å². The highest BCUT2D eigenvalue weighted by Gasteiger charge is 2.51. The van der Waals surface area contributed by atoms with Gasteiger partial charge in [0.25, 0.3) is 5.91 Å². The van der Waals surface area contributed by atoms with E-state index >= 15 is 0 Å². The summed E-state index contributed by atoms with van der Waals surface area (Å²) in [5.74, 6) is -0.503. The third-order valence-corrected chi connectivity index (χ3v) is 3.60. The molecule has 0 bridgehead atoms. The fourth-order valence-corrected chi connectivity index (χ4v) is 2.30.